The van der Waals surface area contributed by atoms with Gasteiger partial charge in [-0.2, -0.15) is 0 Å². The van der Waals surface area contributed by atoms with Crippen LogP contribution in [0.3, 0.4) is 0 Å². The van der Waals surface area contributed by atoms with Crippen molar-refractivity contribution < 1.29 is 9.53 Å². The van der Waals surface area contributed by atoms with E-state index < -0.39 is 0 Å². The first-order valence-corrected chi connectivity index (χ1v) is 6.59. The van der Waals surface area contributed by atoms with E-state index in [4.69, 9.17) is 4.74 Å². The third kappa shape index (κ3) is 2.08. The molecule has 0 saturated heterocycles. The van der Waals surface area contributed by atoms with Gasteiger partial charge in [0.25, 0.3) is 0 Å². The molecule has 2 aliphatic rings. The maximum Gasteiger partial charge on any atom is 0.337 e. The van der Waals surface area contributed by atoms with Crippen molar-refractivity contribution in [3.63, 3.8) is 0 Å². The van der Waals surface area contributed by atoms with Crippen molar-refractivity contribution >= 4 is 11.5 Å². The zero-order valence-corrected chi connectivity index (χ0v) is 10.9. The number of carbonyl (C=O) groups is 1. The van der Waals surface area contributed by atoms with Crippen molar-refractivity contribution in [1.29, 1.82) is 0 Å². The molecule has 0 atom stereocenters. The lowest BCUT2D eigenvalue weighted by molar-refractivity contribution is -0.138. The molecule has 2 heterocycles. The van der Waals surface area contributed by atoms with Gasteiger partial charge in [-0.25, -0.2) is 9.79 Å². The molecule has 1 N–H and O–H groups in total. The Bertz CT molecular complexity index is 674. The minimum Gasteiger partial charge on any atom is -0.463 e. The van der Waals surface area contributed by atoms with Crippen LogP contribution in [0.4, 0.5) is 0 Å². The lowest BCUT2D eigenvalue weighted by Crippen LogP contribution is -2.24. The first kappa shape index (κ1) is 12.1. The van der Waals surface area contributed by atoms with Gasteiger partial charge in [0.1, 0.15) is 0 Å². The van der Waals surface area contributed by atoms with Crippen molar-refractivity contribution in [2.75, 3.05) is 19.7 Å². The standard InChI is InChI=1S/C15H16N2O2/c1-2-19-15(18)12-9-16-8-7-11-10-5-3-4-6-13(10)17-14(11)12/h3-6,16H,2,7-9H2,1H3. The molecule has 3 rings (SSSR count). The molecule has 0 spiro atoms. The van der Waals surface area contributed by atoms with Crippen LogP contribution in [0, 0.1) is 0 Å². The number of rotatable bonds is 2. The topological polar surface area (TPSA) is 50.7 Å². The second-order valence-corrected chi connectivity index (χ2v) is 4.58. The first-order chi connectivity index (χ1) is 9.31. The summed E-state index contributed by atoms with van der Waals surface area (Å²) in [5.74, 6) is -0.263. The molecule has 0 fully saturated rings. The van der Waals surface area contributed by atoms with Crippen LogP contribution in [-0.2, 0) is 9.53 Å². The monoisotopic (exact) mass is 256 g/mol. The van der Waals surface area contributed by atoms with Gasteiger partial charge < -0.3 is 10.1 Å². The summed E-state index contributed by atoms with van der Waals surface area (Å²) in [4.78, 5) is 16.7. The molecule has 19 heavy (non-hydrogen) atoms. The predicted octanol–water partition coefficient (Wildman–Crippen LogP) is 0.281. The third-order valence-corrected chi connectivity index (χ3v) is 3.41. The van der Waals surface area contributed by atoms with E-state index in [1.165, 1.54) is 0 Å². The fourth-order valence-electron chi connectivity index (χ4n) is 2.54. The summed E-state index contributed by atoms with van der Waals surface area (Å²) in [6.45, 7) is 3.58. The second kappa shape index (κ2) is 4.97. The lowest BCUT2D eigenvalue weighted by atomic mass is 10.0. The van der Waals surface area contributed by atoms with Gasteiger partial charge in [0.15, 0.2) is 0 Å². The fourth-order valence-corrected chi connectivity index (χ4v) is 2.54. The average Bonchev–Trinajstić information content (AvgIpc) is 2.64. The highest BCUT2D eigenvalue weighted by Crippen LogP contribution is 2.24. The first-order valence-electron chi connectivity index (χ1n) is 6.59. The number of nitrogens with zero attached hydrogens (tertiary/aromatic N) is 1. The van der Waals surface area contributed by atoms with Crippen LogP contribution in [0.2, 0.25) is 0 Å². The van der Waals surface area contributed by atoms with E-state index in [1.807, 2.05) is 25.1 Å². The lowest BCUT2D eigenvalue weighted by Gasteiger charge is -2.07. The Morgan fingerprint density at radius 1 is 1.42 bits per heavy atom. The van der Waals surface area contributed by atoms with Crippen LogP contribution in [0.15, 0.2) is 40.5 Å². The Kier molecular flexibility index (Phi) is 3.17. The molecule has 4 heteroatoms. The fraction of sp³-hybridized carbons (Fsp3) is 0.333. The van der Waals surface area contributed by atoms with E-state index in [9.17, 15) is 4.79 Å². The number of benzene rings is 1. The summed E-state index contributed by atoms with van der Waals surface area (Å²) < 4.78 is 5.13. The summed E-state index contributed by atoms with van der Waals surface area (Å²) in [5.41, 5.74) is 2.61. The molecule has 98 valence electrons. The van der Waals surface area contributed by atoms with Crippen LogP contribution in [0.1, 0.15) is 13.3 Å². The second-order valence-electron chi connectivity index (χ2n) is 4.58. The number of para-hydroxylation sites is 1. The molecular weight excluding hydrogens is 240 g/mol. The van der Waals surface area contributed by atoms with Gasteiger partial charge in [0.05, 0.1) is 23.2 Å². The number of carbonyl (C=O) groups excluding carboxylic acids is 1. The Balaban J connectivity index is 2.19. The zero-order valence-electron chi connectivity index (χ0n) is 10.9. The molecule has 2 aliphatic heterocycles. The number of esters is 1. The van der Waals surface area contributed by atoms with E-state index in [2.05, 4.69) is 16.4 Å². The number of hydrogen-bond donors (Lipinski definition) is 1. The van der Waals surface area contributed by atoms with E-state index in [1.54, 1.807) is 0 Å². The molecule has 4 nitrogen and oxygen atoms in total. The Labute approximate surface area is 111 Å². The van der Waals surface area contributed by atoms with Crippen LogP contribution >= 0.6 is 0 Å². The van der Waals surface area contributed by atoms with Crippen LogP contribution in [-0.4, -0.2) is 25.7 Å². The maximum atomic E-state index is 12.1. The third-order valence-electron chi connectivity index (χ3n) is 3.41. The van der Waals surface area contributed by atoms with Crippen molar-refractivity contribution in [2.45, 2.75) is 13.3 Å². The Hall–Kier alpha value is -1.94. The normalized spacial score (nSPS) is 17.4. The van der Waals surface area contributed by atoms with Crippen LogP contribution in [0.25, 0.3) is 5.57 Å². The highest BCUT2D eigenvalue weighted by Gasteiger charge is 2.24. The van der Waals surface area contributed by atoms with Gasteiger partial charge in [0.2, 0.25) is 0 Å². The van der Waals surface area contributed by atoms with Gasteiger partial charge in [-0.1, -0.05) is 18.2 Å². The molecule has 0 aromatic heterocycles. The minimum absolute atomic E-state index is 0.263. The molecule has 0 saturated carbocycles. The SMILES string of the molecule is CCOC(=O)C1=C2N=c3ccccc3=C2CCNC1. The molecule has 0 bridgehead atoms. The maximum absolute atomic E-state index is 12.1. The molecule has 1 aromatic rings. The minimum atomic E-state index is -0.263. The van der Waals surface area contributed by atoms with Crippen LogP contribution < -0.4 is 15.9 Å². The van der Waals surface area contributed by atoms with E-state index >= 15 is 0 Å². The number of allylic oxidation sites excluding steroid dienone is 1. The summed E-state index contributed by atoms with van der Waals surface area (Å²) in [5, 5.41) is 5.35. The smallest absolute Gasteiger partial charge is 0.337 e. The van der Waals surface area contributed by atoms with Crippen molar-refractivity contribution in [3.8, 4) is 0 Å². The van der Waals surface area contributed by atoms with Gasteiger partial charge in [-0.3, -0.25) is 0 Å². The zero-order chi connectivity index (χ0) is 13.2. The Morgan fingerprint density at radius 2 is 2.26 bits per heavy atom. The van der Waals surface area contributed by atoms with Crippen molar-refractivity contribution in [3.05, 3.63) is 46.1 Å². The summed E-state index contributed by atoms with van der Waals surface area (Å²) in [6.07, 6.45) is 0.888. The van der Waals surface area contributed by atoms with Gasteiger partial charge in [0, 0.05) is 11.8 Å². The summed E-state index contributed by atoms with van der Waals surface area (Å²) >= 11 is 0. The number of ether oxygens (including phenoxy) is 1. The van der Waals surface area contributed by atoms with Gasteiger partial charge >= 0.3 is 5.97 Å². The molecule has 0 radical (unpaired) electrons. The highest BCUT2D eigenvalue weighted by atomic mass is 16.5. The van der Waals surface area contributed by atoms with E-state index in [0.29, 0.717) is 18.7 Å². The number of fused-ring (bicyclic) bond motifs is 2. The van der Waals surface area contributed by atoms with Crippen LogP contribution in [0.5, 0.6) is 0 Å². The average molecular weight is 256 g/mol. The predicted molar refractivity (Wildman–Crippen MR) is 71.8 cm³/mol. The quantitative estimate of drug-likeness (QED) is 0.773. The van der Waals surface area contributed by atoms with E-state index in [-0.39, 0.29) is 5.97 Å². The van der Waals surface area contributed by atoms with Gasteiger partial charge in [-0.05, 0) is 31.5 Å². The summed E-state index contributed by atoms with van der Waals surface area (Å²) in [6, 6.07) is 8.03. The Morgan fingerprint density at radius 3 is 3.11 bits per heavy atom. The van der Waals surface area contributed by atoms with E-state index in [0.717, 1.165) is 34.8 Å². The number of nitrogens with one attached hydrogen (secondary N) is 1. The molecule has 0 unspecified atom stereocenters. The molecule has 0 amide bonds. The molecule has 0 aliphatic carbocycles. The largest absolute Gasteiger partial charge is 0.463 e. The van der Waals surface area contributed by atoms with Crippen molar-refractivity contribution in [1.82, 2.24) is 5.32 Å². The van der Waals surface area contributed by atoms with Crippen molar-refractivity contribution in [2.24, 2.45) is 4.99 Å². The molecular formula is C15H16N2O2. The number of hydrogen-bond acceptors (Lipinski definition) is 4. The van der Waals surface area contributed by atoms with Gasteiger partial charge in [-0.15, -0.1) is 0 Å². The highest BCUT2D eigenvalue weighted by molar-refractivity contribution is 5.94. The molecule has 1 aromatic carbocycles. The summed E-state index contributed by atoms with van der Waals surface area (Å²) in [7, 11) is 0.